The molecule has 3 fully saturated rings. The Morgan fingerprint density at radius 3 is 2.32 bits per heavy atom. The van der Waals surface area contributed by atoms with Gasteiger partial charge in [-0.25, -0.2) is 0 Å². The highest BCUT2D eigenvalue weighted by Gasteiger charge is 2.52. The Bertz CT molecular complexity index is 467. The lowest BCUT2D eigenvalue weighted by atomic mass is 9.74. The SMILES string of the molecule is CC(=O)N1CC2(CCN(C(=O)CC3CC3)CC2)C[C@]1(C)CO. The third-order valence-corrected chi connectivity index (χ3v) is 5.96. The smallest absolute Gasteiger partial charge is 0.222 e. The van der Waals surface area contributed by atoms with Crippen molar-refractivity contribution in [1.29, 1.82) is 0 Å². The van der Waals surface area contributed by atoms with E-state index in [1.165, 1.54) is 12.8 Å². The number of carbonyl (C=O) groups excluding carboxylic acids is 2. The van der Waals surface area contributed by atoms with Crippen molar-refractivity contribution in [2.75, 3.05) is 26.2 Å². The van der Waals surface area contributed by atoms with Gasteiger partial charge in [0.15, 0.2) is 0 Å². The highest BCUT2D eigenvalue weighted by atomic mass is 16.3. The van der Waals surface area contributed by atoms with Crippen LogP contribution in [0, 0.1) is 11.3 Å². The van der Waals surface area contributed by atoms with Crippen LogP contribution in [0.2, 0.25) is 0 Å². The lowest BCUT2D eigenvalue weighted by molar-refractivity contribution is -0.135. The zero-order chi connectivity index (χ0) is 16.0. The first kappa shape index (κ1) is 15.8. The van der Waals surface area contributed by atoms with Gasteiger partial charge in [0, 0.05) is 33.0 Å². The first-order chi connectivity index (χ1) is 10.4. The lowest BCUT2D eigenvalue weighted by Crippen LogP contribution is -2.46. The van der Waals surface area contributed by atoms with E-state index in [0.29, 0.717) is 11.8 Å². The van der Waals surface area contributed by atoms with E-state index in [2.05, 4.69) is 0 Å². The van der Waals surface area contributed by atoms with Gasteiger partial charge in [-0.2, -0.15) is 0 Å². The van der Waals surface area contributed by atoms with Crippen LogP contribution in [-0.2, 0) is 9.59 Å². The summed E-state index contributed by atoms with van der Waals surface area (Å²) in [6.45, 7) is 5.91. The van der Waals surface area contributed by atoms with E-state index in [0.717, 1.165) is 45.3 Å². The van der Waals surface area contributed by atoms with Crippen LogP contribution < -0.4 is 0 Å². The van der Waals surface area contributed by atoms with Crippen LogP contribution >= 0.6 is 0 Å². The highest BCUT2D eigenvalue weighted by Crippen LogP contribution is 2.48. The number of carbonyl (C=O) groups is 2. The lowest BCUT2D eigenvalue weighted by Gasteiger charge is -2.39. The normalized spacial score (nSPS) is 30.9. The van der Waals surface area contributed by atoms with Crippen molar-refractivity contribution in [2.45, 2.75) is 57.9 Å². The van der Waals surface area contributed by atoms with Gasteiger partial charge in [-0.1, -0.05) is 0 Å². The second-order valence-electron chi connectivity index (χ2n) is 7.97. The summed E-state index contributed by atoms with van der Waals surface area (Å²) in [5.74, 6) is 0.991. The summed E-state index contributed by atoms with van der Waals surface area (Å²) in [4.78, 5) is 28.0. The van der Waals surface area contributed by atoms with Crippen molar-refractivity contribution in [3.8, 4) is 0 Å². The monoisotopic (exact) mass is 308 g/mol. The molecule has 0 unspecified atom stereocenters. The van der Waals surface area contributed by atoms with E-state index in [-0.39, 0.29) is 17.9 Å². The first-order valence-electron chi connectivity index (χ1n) is 8.54. The van der Waals surface area contributed by atoms with E-state index in [1.807, 2.05) is 16.7 Å². The van der Waals surface area contributed by atoms with E-state index < -0.39 is 5.54 Å². The third-order valence-electron chi connectivity index (χ3n) is 5.96. The Balaban J connectivity index is 1.62. The minimum atomic E-state index is -0.438. The molecule has 5 nitrogen and oxygen atoms in total. The molecule has 0 aromatic carbocycles. The molecule has 2 aliphatic heterocycles. The topological polar surface area (TPSA) is 60.9 Å². The number of rotatable bonds is 3. The van der Waals surface area contributed by atoms with Crippen molar-refractivity contribution < 1.29 is 14.7 Å². The molecule has 22 heavy (non-hydrogen) atoms. The average molecular weight is 308 g/mol. The number of nitrogens with zero attached hydrogens (tertiary/aromatic N) is 2. The van der Waals surface area contributed by atoms with Gasteiger partial charge in [-0.05, 0) is 50.4 Å². The number of hydrogen-bond donors (Lipinski definition) is 1. The third kappa shape index (κ3) is 2.87. The molecule has 3 rings (SSSR count). The van der Waals surface area contributed by atoms with Gasteiger partial charge < -0.3 is 14.9 Å². The number of likely N-dealkylation sites (tertiary alicyclic amines) is 2. The summed E-state index contributed by atoms with van der Waals surface area (Å²) in [7, 11) is 0. The Labute approximate surface area is 132 Å². The molecule has 0 aromatic heterocycles. The van der Waals surface area contributed by atoms with Crippen LogP contribution in [0.15, 0.2) is 0 Å². The molecule has 0 aromatic rings. The molecule has 2 saturated heterocycles. The van der Waals surface area contributed by atoms with E-state index in [9.17, 15) is 14.7 Å². The molecule has 1 N–H and O–H groups in total. The predicted molar refractivity (Wildman–Crippen MR) is 83.1 cm³/mol. The molecule has 5 heteroatoms. The van der Waals surface area contributed by atoms with Gasteiger partial charge in [0.05, 0.1) is 12.1 Å². The van der Waals surface area contributed by atoms with Crippen LogP contribution in [0.3, 0.4) is 0 Å². The van der Waals surface area contributed by atoms with Crippen LogP contribution in [0.1, 0.15) is 52.4 Å². The zero-order valence-electron chi connectivity index (χ0n) is 13.8. The minimum Gasteiger partial charge on any atom is -0.394 e. The summed E-state index contributed by atoms with van der Waals surface area (Å²) in [6, 6.07) is 0. The summed E-state index contributed by atoms with van der Waals surface area (Å²) in [6.07, 6.45) is 5.89. The van der Waals surface area contributed by atoms with Gasteiger partial charge in [-0.15, -0.1) is 0 Å². The molecule has 1 aliphatic carbocycles. The molecular formula is C17H28N2O3. The Hall–Kier alpha value is -1.10. The van der Waals surface area contributed by atoms with Gasteiger partial charge in [0.2, 0.25) is 11.8 Å². The number of piperidine rings is 1. The molecule has 0 bridgehead atoms. The van der Waals surface area contributed by atoms with Crippen LogP contribution in [-0.4, -0.2) is 58.5 Å². The van der Waals surface area contributed by atoms with Crippen molar-refractivity contribution in [3.63, 3.8) is 0 Å². The van der Waals surface area contributed by atoms with E-state index >= 15 is 0 Å². The quantitative estimate of drug-likeness (QED) is 0.857. The molecule has 2 heterocycles. The van der Waals surface area contributed by atoms with Gasteiger partial charge in [-0.3, -0.25) is 9.59 Å². The zero-order valence-corrected chi connectivity index (χ0v) is 13.8. The van der Waals surface area contributed by atoms with Crippen molar-refractivity contribution >= 4 is 11.8 Å². The summed E-state index contributed by atoms with van der Waals surface area (Å²) >= 11 is 0. The molecule has 1 spiro atoms. The number of amides is 2. The molecular weight excluding hydrogens is 280 g/mol. The fourth-order valence-corrected chi connectivity index (χ4v) is 4.38. The highest BCUT2D eigenvalue weighted by molar-refractivity contribution is 5.77. The first-order valence-corrected chi connectivity index (χ1v) is 8.54. The molecule has 3 aliphatic rings. The maximum Gasteiger partial charge on any atom is 0.222 e. The Morgan fingerprint density at radius 2 is 1.86 bits per heavy atom. The van der Waals surface area contributed by atoms with Crippen molar-refractivity contribution in [3.05, 3.63) is 0 Å². The molecule has 2 amide bonds. The summed E-state index contributed by atoms with van der Waals surface area (Å²) in [5, 5.41) is 9.75. The fraction of sp³-hybridized carbons (Fsp3) is 0.882. The molecule has 124 valence electrons. The standard InChI is InChI=1S/C17H28N2O3/c1-13(21)19-11-17(10-16(19,2)12-20)5-7-18(8-6-17)15(22)9-14-3-4-14/h14,20H,3-12H2,1-2H3/t16-/m1/s1. The molecule has 0 radical (unpaired) electrons. The van der Waals surface area contributed by atoms with Gasteiger partial charge in [0.25, 0.3) is 0 Å². The van der Waals surface area contributed by atoms with Crippen molar-refractivity contribution in [2.24, 2.45) is 11.3 Å². The predicted octanol–water partition coefficient (Wildman–Crippen LogP) is 1.40. The Kier molecular flexibility index (Phi) is 3.96. The maximum atomic E-state index is 12.2. The fourth-order valence-electron chi connectivity index (χ4n) is 4.38. The van der Waals surface area contributed by atoms with E-state index in [1.54, 1.807) is 6.92 Å². The second-order valence-corrected chi connectivity index (χ2v) is 7.97. The minimum absolute atomic E-state index is 0.0126. The summed E-state index contributed by atoms with van der Waals surface area (Å²) in [5.41, 5.74) is -0.356. The van der Waals surface area contributed by atoms with Gasteiger partial charge in [0.1, 0.15) is 0 Å². The number of aliphatic hydroxyl groups is 1. The van der Waals surface area contributed by atoms with Gasteiger partial charge >= 0.3 is 0 Å². The van der Waals surface area contributed by atoms with Crippen LogP contribution in [0.4, 0.5) is 0 Å². The second kappa shape index (κ2) is 5.52. The average Bonchev–Trinajstić information content (AvgIpc) is 3.24. The van der Waals surface area contributed by atoms with Crippen molar-refractivity contribution in [1.82, 2.24) is 9.80 Å². The van der Waals surface area contributed by atoms with Crippen LogP contribution in [0.5, 0.6) is 0 Å². The molecule has 1 atom stereocenters. The summed E-state index contributed by atoms with van der Waals surface area (Å²) < 4.78 is 0. The molecule has 1 saturated carbocycles. The largest absolute Gasteiger partial charge is 0.394 e. The van der Waals surface area contributed by atoms with Crippen LogP contribution in [0.25, 0.3) is 0 Å². The maximum absolute atomic E-state index is 12.2. The number of hydrogen-bond acceptors (Lipinski definition) is 3. The Morgan fingerprint density at radius 1 is 1.23 bits per heavy atom. The van der Waals surface area contributed by atoms with E-state index in [4.69, 9.17) is 0 Å². The number of aliphatic hydroxyl groups excluding tert-OH is 1.